The highest BCUT2D eigenvalue weighted by Crippen LogP contribution is 2.28. The highest BCUT2D eigenvalue weighted by Gasteiger charge is 2.25. The minimum Gasteiger partial charge on any atom is -0.380 e. The van der Waals surface area contributed by atoms with Crippen LogP contribution in [0.1, 0.15) is 12.8 Å². The Morgan fingerprint density at radius 3 is 2.78 bits per heavy atom. The molecule has 0 spiro atoms. The summed E-state index contributed by atoms with van der Waals surface area (Å²) in [5, 5.41) is 7.20. The van der Waals surface area contributed by atoms with E-state index in [1.165, 1.54) is 24.2 Å². The zero-order valence-corrected chi connectivity index (χ0v) is 11.7. The van der Waals surface area contributed by atoms with Crippen LogP contribution >= 0.6 is 11.3 Å². The predicted molar refractivity (Wildman–Crippen MR) is 67.7 cm³/mol. The van der Waals surface area contributed by atoms with Crippen LogP contribution in [0.15, 0.2) is 4.34 Å². The molecule has 1 aromatic heterocycles. The van der Waals surface area contributed by atoms with Crippen molar-refractivity contribution < 1.29 is 13.2 Å². The molecule has 2 rings (SSSR count). The molecule has 0 aromatic carbocycles. The Kier molecular flexibility index (Phi) is 4.15. The van der Waals surface area contributed by atoms with E-state index >= 15 is 0 Å². The summed E-state index contributed by atoms with van der Waals surface area (Å²) in [7, 11) is -2.09. The van der Waals surface area contributed by atoms with E-state index in [0.717, 1.165) is 17.9 Å². The van der Waals surface area contributed by atoms with Crippen molar-refractivity contribution in [3.8, 4) is 0 Å². The zero-order chi connectivity index (χ0) is 13.2. The van der Waals surface area contributed by atoms with E-state index in [0.29, 0.717) is 19.1 Å². The lowest BCUT2D eigenvalue weighted by Crippen LogP contribution is -2.30. The van der Waals surface area contributed by atoms with E-state index in [9.17, 15) is 8.42 Å². The van der Waals surface area contributed by atoms with Crippen LogP contribution in [0, 0.1) is 5.92 Å². The molecule has 102 valence electrons. The van der Waals surface area contributed by atoms with Crippen molar-refractivity contribution >= 4 is 26.5 Å². The SMILES string of the molecule is CN(CCOCC1CC1)S(=O)(=O)c1nnc(N)s1. The average molecular weight is 292 g/mol. The van der Waals surface area contributed by atoms with Crippen LogP contribution in [0.3, 0.4) is 0 Å². The van der Waals surface area contributed by atoms with Crippen molar-refractivity contribution in [2.24, 2.45) is 5.92 Å². The van der Waals surface area contributed by atoms with Crippen LogP contribution in [-0.4, -0.2) is 49.7 Å². The van der Waals surface area contributed by atoms with Gasteiger partial charge in [-0.1, -0.05) is 11.3 Å². The third-order valence-corrected chi connectivity index (χ3v) is 5.61. The van der Waals surface area contributed by atoms with E-state index in [4.69, 9.17) is 10.5 Å². The fourth-order valence-electron chi connectivity index (χ4n) is 1.31. The first-order chi connectivity index (χ1) is 8.50. The van der Waals surface area contributed by atoms with Gasteiger partial charge in [-0.3, -0.25) is 0 Å². The van der Waals surface area contributed by atoms with Crippen molar-refractivity contribution in [3.63, 3.8) is 0 Å². The Morgan fingerprint density at radius 1 is 1.50 bits per heavy atom. The number of anilines is 1. The highest BCUT2D eigenvalue weighted by molar-refractivity contribution is 7.91. The molecule has 1 aromatic rings. The number of hydrogen-bond acceptors (Lipinski definition) is 7. The summed E-state index contributed by atoms with van der Waals surface area (Å²) < 4.78 is 30.5. The second kappa shape index (κ2) is 5.47. The maximum atomic E-state index is 12.0. The van der Waals surface area contributed by atoms with Gasteiger partial charge in [0.2, 0.25) is 9.47 Å². The van der Waals surface area contributed by atoms with Crippen molar-refractivity contribution in [1.29, 1.82) is 0 Å². The topological polar surface area (TPSA) is 98.4 Å². The second-order valence-corrected chi connectivity index (χ2v) is 7.48. The van der Waals surface area contributed by atoms with Gasteiger partial charge in [-0.05, 0) is 18.8 Å². The Labute approximate surface area is 110 Å². The standard InChI is InChI=1S/C9H16N4O3S2/c1-13(4-5-16-6-7-2-3-7)18(14,15)9-12-11-8(10)17-9/h7H,2-6H2,1H3,(H2,10,11). The zero-order valence-electron chi connectivity index (χ0n) is 10.1. The summed E-state index contributed by atoms with van der Waals surface area (Å²) in [6.45, 7) is 1.41. The number of likely N-dealkylation sites (N-methyl/N-ethyl adjacent to an activating group) is 1. The molecule has 1 saturated carbocycles. The molecule has 9 heteroatoms. The lowest BCUT2D eigenvalue weighted by atomic mass is 10.5. The van der Waals surface area contributed by atoms with E-state index < -0.39 is 10.0 Å². The largest absolute Gasteiger partial charge is 0.380 e. The minimum atomic E-state index is -3.58. The molecule has 1 fully saturated rings. The van der Waals surface area contributed by atoms with Crippen LogP contribution in [0.25, 0.3) is 0 Å². The van der Waals surface area contributed by atoms with Crippen LogP contribution in [-0.2, 0) is 14.8 Å². The third kappa shape index (κ3) is 3.37. The van der Waals surface area contributed by atoms with Crippen molar-refractivity contribution in [2.75, 3.05) is 32.5 Å². The van der Waals surface area contributed by atoms with Crippen LogP contribution in [0.4, 0.5) is 5.13 Å². The summed E-state index contributed by atoms with van der Waals surface area (Å²) in [6.07, 6.45) is 2.44. The summed E-state index contributed by atoms with van der Waals surface area (Å²) in [6, 6.07) is 0. The Morgan fingerprint density at radius 2 is 2.22 bits per heavy atom. The lowest BCUT2D eigenvalue weighted by molar-refractivity contribution is 0.117. The van der Waals surface area contributed by atoms with Gasteiger partial charge in [0.1, 0.15) is 0 Å². The number of hydrogen-bond donors (Lipinski definition) is 1. The van der Waals surface area contributed by atoms with Gasteiger partial charge in [-0.2, -0.15) is 4.31 Å². The highest BCUT2D eigenvalue weighted by atomic mass is 32.2. The van der Waals surface area contributed by atoms with E-state index in [-0.39, 0.29) is 9.47 Å². The van der Waals surface area contributed by atoms with Gasteiger partial charge in [0.15, 0.2) is 0 Å². The van der Waals surface area contributed by atoms with Gasteiger partial charge in [-0.25, -0.2) is 8.42 Å². The number of nitrogens with two attached hydrogens (primary N) is 1. The first-order valence-corrected chi connectivity index (χ1v) is 7.89. The molecule has 1 aliphatic carbocycles. The molecule has 0 amide bonds. The van der Waals surface area contributed by atoms with Crippen molar-refractivity contribution in [2.45, 2.75) is 17.2 Å². The van der Waals surface area contributed by atoms with Gasteiger partial charge < -0.3 is 10.5 Å². The van der Waals surface area contributed by atoms with Crippen LogP contribution in [0.5, 0.6) is 0 Å². The number of nitrogens with zero attached hydrogens (tertiary/aromatic N) is 3. The fourth-order valence-corrected chi connectivity index (χ4v) is 3.43. The predicted octanol–water partition coefficient (Wildman–Crippen LogP) is 0.167. The summed E-state index contributed by atoms with van der Waals surface area (Å²) >= 11 is 0.862. The third-order valence-electron chi connectivity index (χ3n) is 2.65. The first kappa shape index (κ1) is 13.7. The molecule has 0 unspecified atom stereocenters. The smallest absolute Gasteiger partial charge is 0.272 e. The van der Waals surface area contributed by atoms with Gasteiger partial charge in [0, 0.05) is 20.2 Å². The Balaban J connectivity index is 1.84. The first-order valence-electron chi connectivity index (χ1n) is 5.63. The monoisotopic (exact) mass is 292 g/mol. The maximum absolute atomic E-state index is 12.0. The van der Waals surface area contributed by atoms with Gasteiger partial charge in [0.25, 0.3) is 10.0 Å². The Bertz CT molecular complexity index is 498. The molecule has 1 heterocycles. The van der Waals surface area contributed by atoms with Gasteiger partial charge >= 0.3 is 0 Å². The van der Waals surface area contributed by atoms with Crippen molar-refractivity contribution in [1.82, 2.24) is 14.5 Å². The molecule has 2 N–H and O–H groups in total. The van der Waals surface area contributed by atoms with Crippen LogP contribution < -0.4 is 5.73 Å². The fraction of sp³-hybridized carbons (Fsp3) is 0.778. The maximum Gasteiger partial charge on any atom is 0.272 e. The average Bonchev–Trinajstić information content (AvgIpc) is 3.04. The summed E-state index contributed by atoms with van der Waals surface area (Å²) in [5.74, 6) is 0.676. The molecular formula is C9H16N4O3S2. The number of ether oxygens (including phenoxy) is 1. The lowest BCUT2D eigenvalue weighted by Gasteiger charge is -2.14. The molecule has 1 aliphatic rings. The molecule has 0 saturated heterocycles. The number of sulfonamides is 1. The molecule has 0 atom stereocenters. The van der Waals surface area contributed by atoms with E-state index in [1.807, 2.05) is 0 Å². The molecule has 0 bridgehead atoms. The number of nitrogen functional groups attached to an aromatic ring is 1. The normalized spacial score (nSPS) is 16.3. The van der Waals surface area contributed by atoms with Gasteiger partial charge in [-0.15, -0.1) is 10.2 Å². The van der Waals surface area contributed by atoms with Gasteiger partial charge in [0.05, 0.1) is 6.61 Å². The van der Waals surface area contributed by atoms with E-state index in [2.05, 4.69) is 10.2 Å². The van der Waals surface area contributed by atoms with E-state index in [1.54, 1.807) is 0 Å². The molecule has 0 radical (unpaired) electrons. The summed E-state index contributed by atoms with van der Waals surface area (Å²) in [5.41, 5.74) is 5.37. The van der Waals surface area contributed by atoms with Crippen LogP contribution in [0.2, 0.25) is 0 Å². The Hall–Kier alpha value is -0.770. The summed E-state index contributed by atoms with van der Waals surface area (Å²) in [4.78, 5) is 0. The molecule has 18 heavy (non-hydrogen) atoms. The van der Waals surface area contributed by atoms with Crippen molar-refractivity contribution in [3.05, 3.63) is 0 Å². The number of rotatable bonds is 7. The second-order valence-electron chi connectivity index (χ2n) is 4.25. The molecule has 0 aliphatic heterocycles. The minimum absolute atomic E-state index is 0.0790. The molecular weight excluding hydrogens is 276 g/mol. The molecule has 7 nitrogen and oxygen atoms in total. The number of aromatic nitrogens is 2. The quantitative estimate of drug-likeness (QED) is 0.719.